The van der Waals surface area contributed by atoms with Crippen molar-refractivity contribution in [3.63, 3.8) is 0 Å². The number of hydrogen-bond acceptors (Lipinski definition) is 5. The van der Waals surface area contributed by atoms with Gasteiger partial charge in [0.1, 0.15) is 5.75 Å². The molecule has 29 heavy (non-hydrogen) atoms. The Labute approximate surface area is 171 Å². The summed E-state index contributed by atoms with van der Waals surface area (Å²) in [6.07, 6.45) is 0. The fourth-order valence-corrected chi connectivity index (χ4v) is 4.02. The van der Waals surface area contributed by atoms with Crippen molar-refractivity contribution in [2.45, 2.75) is 4.90 Å². The Bertz CT molecular complexity index is 1360. The minimum absolute atomic E-state index is 0.0648. The maximum Gasteiger partial charge on any atom is 0.419 e. The predicted octanol–water partition coefficient (Wildman–Crippen LogP) is 4.38. The zero-order chi connectivity index (χ0) is 20.6. The van der Waals surface area contributed by atoms with E-state index in [1.54, 1.807) is 43.4 Å². The highest BCUT2D eigenvalue weighted by Crippen LogP contribution is 2.33. The van der Waals surface area contributed by atoms with E-state index < -0.39 is 15.8 Å². The molecule has 1 aromatic heterocycles. The smallest absolute Gasteiger partial charge is 0.419 e. The molecule has 0 aliphatic rings. The van der Waals surface area contributed by atoms with Crippen molar-refractivity contribution >= 4 is 38.4 Å². The van der Waals surface area contributed by atoms with Crippen molar-refractivity contribution in [1.82, 2.24) is 4.57 Å². The molecule has 7 nitrogen and oxygen atoms in total. The van der Waals surface area contributed by atoms with Crippen LogP contribution in [0.15, 0.2) is 80.8 Å². The number of fused-ring (bicyclic) bond motifs is 1. The third-order valence-corrected chi connectivity index (χ3v) is 5.83. The van der Waals surface area contributed by atoms with Crippen molar-refractivity contribution < 1.29 is 17.6 Å². The van der Waals surface area contributed by atoms with E-state index in [1.165, 1.54) is 28.8 Å². The van der Waals surface area contributed by atoms with E-state index >= 15 is 0 Å². The number of aromatic nitrogens is 1. The third kappa shape index (κ3) is 3.85. The van der Waals surface area contributed by atoms with Crippen LogP contribution >= 0.6 is 11.6 Å². The highest BCUT2D eigenvalue weighted by Gasteiger charge is 2.19. The van der Waals surface area contributed by atoms with E-state index in [2.05, 4.69) is 4.72 Å². The molecule has 0 aliphatic carbocycles. The fourth-order valence-electron chi connectivity index (χ4n) is 2.77. The highest BCUT2D eigenvalue weighted by atomic mass is 35.5. The first-order chi connectivity index (χ1) is 13.8. The Hall–Kier alpha value is -3.23. The van der Waals surface area contributed by atoms with Crippen LogP contribution in [0.4, 0.5) is 5.69 Å². The summed E-state index contributed by atoms with van der Waals surface area (Å²) in [5, 5.41) is 0.340. The van der Waals surface area contributed by atoms with Gasteiger partial charge in [0.25, 0.3) is 10.0 Å². The normalized spacial score (nSPS) is 11.5. The molecule has 0 fully saturated rings. The Balaban J connectivity index is 1.71. The lowest BCUT2D eigenvalue weighted by Gasteiger charge is -2.14. The summed E-state index contributed by atoms with van der Waals surface area (Å²) in [5.41, 5.74) is 0.841. The summed E-state index contributed by atoms with van der Waals surface area (Å²) >= 11 is 6.05. The maximum atomic E-state index is 12.9. The molecular formula is C20H15ClN2O5S. The Morgan fingerprint density at radius 1 is 1.03 bits per heavy atom. The van der Waals surface area contributed by atoms with Gasteiger partial charge in [0, 0.05) is 18.1 Å². The second kappa shape index (κ2) is 7.31. The van der Waals surface area contributed by atoms with Gasteiger partial charge in [-0.25, -0.2) is 13.2 Å². The zero-order valence-corrected chi connectivity index (χ0v) is 16.7. The van der Waals surface area contributed by atoms with Crippen LogP contribution in [-0.4, -0.2) is 13.0 Å². The average molecular weight is 431 g/mol. The lowest BCUT2D eigenvalue weighted by molar-refractivity contribution is 0.485. The summed E-state index contributed by atoms with van der Waals surface area (Å²) in [6.45, 7) is 0. The van der Waals surface area contributed by atoms with E-state index in [-0.39, 0.29) is 21.9 Å². The lowest BCUT2D eigenvalue weighted by atomic mass is 10.3. The molecule has 148 valence electrons. The summed E-state index contributed by atoms with van der Waals surface area (Å²) in [5.74, 6) is 0.259. The van der Waals surface area contributed by atoms with Gasteiger partial charge in [-0.3, -0.25) is 9.29 Å². The summed E-state index contributed by atoms with van der Waals surface area (Å²) in [6, 6.07) is 17.8. The van der Waals surface area contributed by atoms with Crippen LogP contribution in [-0.2, 0) is 17.1 Å². The number of benzene rings is 3. The van der Waals surface area contributed by atoms with Crippen molar-refractivity contribution in [2.75, 3.05) is 4.72 Å². The second-order valence-electron chi connectivity index (χ2n) is 6.22. The van der Waals surface area contributed by atoms with Crippen molar-refractivity contribution in [3.8, 4) is 11.5 Å². The van der Waals surface area contributed by atoms with Gasteiger partial charge in [0.15, 0.2) is 11.3 Å². The molecule has 0 saturated heterocycles. The monoisotopic (exact) mass is 430 g/mol. The molecule has 0 radical (unpaired) electrons. The van der Waals surface area contributed by atoms with E-state index in [9.17, 15) is 13.2 Å². The molecule has 1 heterocycles. The van der Waals surface area contributed by atoms with Gasteiger partial charge in [-0.05, 0) is 42.5 Å². The molecule has 0 atom stereocenters. The zero-order valence-electron chi connectivity index (χ0n) is 15.1. The number of hydrogen-bond donors (Lipinski definition) is 1. The van der Waals surface area contributed by atoms with Crippen molar-refractivity contribution in [1.29, 1.82) is 0 Å². The fraction of sp³-hybridized carbons (Fsp3) is 0.0500. The first-order valence-corrected chi connectivity index (χ1v) is 10.3. The van der Waals surface area contributed by atoms with E-state index in [4.69, 9.17) is 20.8 Å². The molecule has 0 spiro atoms. The lowest BCUT2D eigenvalue weighted by Crippen LogP contribution is -2.13. The van der Waals surface area contributed by atoms with E-state index in [0.717, 1.165) is 0 Å². The van der Waals surface area contributed by atoms with Gasteiger partial charge in [-0.2, -0.15) is 0 Å². The first-order valence-electron chi connectivity index (χ1n) is 8.48. The molecule has 0 amide bonds. The van der Waals surface area contributed by atoms with Crippen molar-refractivity contribution in [3.05, 3.63) is 82.3 Å². The molecule has 0 aliphatic heterocycles. The number of ether oxygens (including phenoxy) is 1. The predicted molar refractivity (Wildman–Crippen MR) is 110 cm³/mol. The van der Waals surface area contributed by atoms with Crippen LogP contribution in [0.3, 0.4) is 0 Å². The highest BCUT2D eigenvalue weighted by molar-refractivity contribution is 7.92. The van der Waals surface area contributed by atoms with Crippen LogP contribution in [0.1, 0.15) is 0 Å². The van der Waals surface area contributed by atoms with Crippen molar-refractivity contribution in [2.24, 2.45) is 7.05 Å². The number of oxazole rings is 1. The Morgan fingerprint density at radius 2 is 1.79 bits per heavy atom. The summed E-state index contributed by atoms with van der Waals surface area (Å²) in [7, 11) is -2.46. The first kappa shape index (κ1) is 19.1. The number of rotatable bonds is 5. The van der Waals surface area contributed by atoms with Crippen LogP contribution in [0.25, 0.3) is 11.1 Å². The maximum absolute atomic E-state index is 12.9. The number of nitrogens with zero attached hydrogens (tertiary/aromatic N) is 1. The number of anilines is 1. The molecule has 0 unspecified atom stereocenters. The Morgan fingerprint density at radius 3 is 2.55 bits per heavy atom. The van der Waals surface area contributed by atoms with Gasteiger partial charge in [0.2, 0.25) is 0 Å². The quantitative estimate of drug-likeness (QED) is 0.507. The standard InChI is InChI=1S/C20H15ClN2O5S/c1-23-17-9-8-15(12-19(17)28-20(23)24)29(25,26)22-16-11-13(21)7-10-18(16)27-14-5-3-2-4-6-14/h2-12,22H,1H3. The van der Waals surface area contributed by atoms with Gasteiger partial charge in [0.05, 0.1) is 16.1 Å². The van der Waals surface area contributed by atoms with Gasteiger partial charge < -0.3 is 9.15 Å². The van der Waals surface area contributed by atoms with Gasteiger partial charge in [-0.1, -0.05) is 29.8 Å². The number of halogens is 1. The summed E-state index contributed by atoms with van der Waals surface area (Å²) < 4.78 is 40.5. The molecule has 0 bridgehead atoms. The molecule has 3 aromatic carbocycles. The molecule has 4 aromatic rings. The Kier molecular flexibility index (Phi) is 4.81. The van der Waals surface area contributed by atoms with Gasteiger partial charge >= 0.3 is 5.76 Å². The average Bonchev–Trinajstić information content (AvgIpc) is 2.98. The van der Waals surface area contributed by atoms with E-state index in [0.29, 0.717) is 16.3 Å². The molecular weight excluding hydrogens is 416 g/mol. The number of sulfonamides is 1. The summed E-state index contributed by atoms with van der Waals surface area (Å²) in [4.78, 5) is 11.6. The number of para-hydroxylation sites is 1. The molecule has 0 saturated carbocycles. The molecule has 9 heteroatoms. The van der Waals surface area contributed by atoms with Crippen LogP contribution in [0.5, 0.6) is 11.5 Å². The topological polar surface area (TPSA) is 90.5 Å². The SMILES string of the molecule is Cn1c(=O)oc2cc(S(=O)(=O)Nc3cc(Cl)ccc3Oc3ccccc3)ccc21. The molecule has 1 N–H and O–H groups in total. The third-order valence-electron chi connectivity index (χ3n) is 4.23. The molecule has 4 rings (SSSR count). The minimum Gasteiger partial charge on any atom is -0.455 e. The van der Waals surface area contributed by atoms with E-state index in [1.807, 2.05) is 6.07 Å². The van der Waals surface area contributed by atoms with Gasteiger partial charge in [-0.15, -0.1) is 0 Å². The van der Waals surface area contributed by atoms with Crippen LogP contribution < -0.4 is 15.2 Å². The minimum atomic E-state index is -4.00. The second-order valence-corrected chi connectivity index (χ2v) is 8.34. The van der Waals surface area contributed by atoms with Crippen LogP contribution in [0, 0.1) is 0 Å². The number of aryl methyl sites for hydroxylation is 1. The largest absolute Gasteiger partial charge is 0.455 e. The number of nitrogens with one attached hydrogen (secondary N) is 1. The van der Waals surface area contributed by atoms with Crippen LogP contribution in [0.2, 0.25) is 5.02 Å².